The Balaban J connectivity index is 2.26. The highest BCUT2D eigenvalue weighted by atomic mass is 35.5. The molecule has 6 nitrogen and oxygen atoms in total. The summed E-state index contributed by atoms with van der Waals surface area (Å²) in [6.07, 6.45) is 0. The zero-order chi connectivity index (χ0) is 12.5. The van der Waals surface area contributed by atoms with Gasteiger partial charge in [0.05, 0.1) is 7.11 Å². The second-order valence-corrected chi connectivity index (χ2v) is 4.82. The maximum absolute atomic E-state index is 11.1. The maximum Gasteiger partial charge on any atom is 0.368 e. The van der Waals surface area contributed by atoms with E-state index in [9.17, 15) is 8.42 Å². The zero-order valence-electron chi connectivity index (χ0n) is 8.71. The van der Waals surface area contributed by atoms with E-state index in [1.807, 2.05) is 0 Å². The summed E-state index contributed by atoms with van der Waals surface area (Å²) < 4.78 is 33.8. The SMILES string of the molecule is COC1=NS(=O)(=O)N=C1Nc1ccc(Cl)cc1. The first kappa shape index (κ1) is 11.9. The van der Waals surface area contributed by atoms with E-state index in [1.165, 1.54) is 7.11 Å². The van der Waals surface area contributed by atoms with Crippen molar-refractivity contribution in [2.24, 2.45) is 8.80 Å². The quantitative estimate of drug-likeness (QED) is 0.840. The van der Waals surface area contributed by atoms with Gasteiger partial charge in [-0.3, -0.25) is 0 Å². The first-order chi connectivity index (χ1) is 8.00. The lowest BCUT2D eigenvalue weighted by atomic mass is 10.3. The van der Waals surface area contributed by atoms with Crippen LogP contribution < -0.4 is 5.32 Å². The van der Waals surface area contributed by atoms with E-state index in [1.54, 1.807) is 24.3 Å². The normalized spacial score (nSPS) is 17.3. The van der Waals surface area contributed by atoms with E-state index >= 15 is 0 Å². The average Bonchev–Trinajstić information content (AvgIpc) is 2.56. The molecule has 0 aromatic heterocycles. The van der Waals surface area contributed by atoms with E-state index in [0.717, 1.165) is 0 Å². The lowest BCUT2D eigenvalue weighted by Gasteiger charge is -2.05. The fourth-order valence-corrected chi connectivity index (χ4v) is 2.09. The summed E-state index contributed by atoms with van der Waals surface area (Å²) in [4.78, 5) is 0. The number of anilines is 1. The fraction of sp³-hybridized carbons (Fsp3) is 0.111. The van der Waals surface area contributed by atoms with Crippen LogP contribution >= 0.6 is 11.6 Å². The van der Waals surface area contributed by atoms with Crippen LogP contribution in [0.3, 0.4) is 0 Å². The molecule has 17 heavy (non-hydrogen) atoms. The first-order valence-electron chi connectivity index (χ1n) is 4.52. The number of ether oxygens (including phenoxy) is 1. The third-order valence-corrected chi connectivity index (χ3v) is 2.97. The van der Waals surface area contributed by atoms with Gasteiger partial charge in [-0.2, -0.15) is 8.42 Å². The summed E-state index contributed by atoms with van der Waals surface area (Å²) >= 11 is 5.73. The number of hydrogen-bond acceptors (Lipinski definition) is 4. The van der Waals surface area contributed by atoms with E-state index < -0.39 is 10.2 Å². The van der Waals surface area contributed by atoms with Crippen LogP contribution in [-0.4, -0.2) is 27.3 Å². The second kappa shape index (κ2) is 4.34. The Morgan fingerprint density at radius 2 is 1.88 bits per heavy atom. The molecule has 90 valence electrons. The summed E-state index contributed by atoms with van der Waals surface area (Å²) in [5.74, 6) is -0.0187. The summed E-state index contributed by atoms with van der Waals surface area (Å²) in [5, 5.41) is 3.36. The van der Waals surface area contributed by atoms with Crippen LogP contribution in [0.4, 0.5) is 5.69 Å². The third-order valence-electron chi connectivity index (χ3n) is 1.91. The number of nitrogens with zero attached hydrogens (tertiary/aromatic N) is 2. The van der Waals surface area contributed by atoms with Gasteiger partial charge in [-0.25, -0.2) is 0 Å². The number of methoxy groups -OCH3 is 1. The number of nitrogens with one attached hydrogen (secondary N) is 1. The molecule has 1 aliphatic heterocycles. The Morgan fingerprint density at radius 3 is 2.47 bits per heavy atom. The van der Waals surface area contributed by atoms with Gasteiger partial charge >= 0.3 is 10.2 Å². The predicted octanol–water partition coefficient (Wildman–Crippen LogP) is 1.45. The van der Waals surface area contributed by atoms with Crippen molar-refractivity contribution < 1.29 is 13.2 Å². The van der Waals surface area contributed by atoms with E-state index in [-0.39, 0.29) is 11.7 Å². The minimum atomic E-state index is -3.82. The number of amidine groups is 1. The van der Waals surface area contributed by atoms with Crippen LogP contribution in [0, 0.1) is 0 Å². The molecule has 0 spiro atoms. The lowest BCUT2D eigenvalue weighted by molar-refractivity contribution is 0.412. The molecule has 0 bridgehead atoms. The highest BCUT2D eigenvalue weighted by Gasteiger charge is 2.25. The molecule has 8 heteroatoms. The molecule has 0 saturated heterocycles. The Morgan fingerprint density at radius 1 is 1.24 bits per heavy atom. The van der Waals surface area contributed by atoms with Crippen molar-refractivity contribution in [1.82, 2.24) is 0 Å². The Bertz CT molecular complexity index is 592. The standard InChI is InChI=1S/C9H8ClN3O3S/c1-16-9-8(12-17(14,15)13-9)11-7-4-2-6(10)3-5-7/h2-5H,1H3,(H,11,12). The fourth-order valence-electron chi connectivity index (χ4n) is 1.20. The monoisotopic (exact) mass is 273 g/mol. The molecule has 2 rings (SSSR count). The zero-order valence-corrected chi connectivity index (χ0v) is 10.3. The largest absolute Gasteiger partial charge is 0.478 e. The van der Waals surface area contributed by atoms with Gasteiger partial charge in [0, 0.05) is 10.7 Å². The van der Waals surface area contributed by atoms with Crippen LogP contribution in [0.5, 0.6) is 0 Å². The Labute approximate surface area is 103 Å². The molecule has 0 radical (unpaired) electrons. The molecular formula is C9H8ClN3O3S. The number of benzene rings is 1. The van der Waals surface area contributed by atoms with Crippen molar-refractivity contribution in [1.29, 1.82) is 0 Å². The van der Waals surface area contributed by atoms with Gasteiger partial charge < -0.3 is 10.1 Å². The molecule has 1 aliphatic rings. The molecule has 1 aromatic rings. The first-order valence-corrected chi connectivity index (χ1v) is 6.29. The molecule has 0 fully saturated rings. The molecule has 0 amide bonds. The number of rotatable bonds is 1. The van der Waals surface area contributed by atoms with Gasteiger partial charge in [0.1, 0.15) is 0 Å². The maximum atomic E-state index is 11.1. The topological polar surface area (TPSA) is 80.1 Å². The van der Waals surface area contributed by atoms with E-state index in [2.05, 4.69) is 14.1 Å². The van der Waals surface area contributed by atoms with Gasteiger partial charge in [-0.15, -0.1) is 8.80 Å². The van der Waals surface area contributed by atoms with E-state index in [4.69, 9.17) is 16.3 Å². The average molecular weight is 274 g/mol. The van der Waals surface area contributed by atoms with Crippen LogP contribution in [-0.2, 0) is 14.9 Å². The van der Waals surface area contributed by atoms with Crippen LogP contribution in [0.2, 0.25) is 5.02 Å². The molecule has 0 atom stereocenters. The van der Waals surface area contributed by atoms with Crippen molar-refractivity contribution in [2.75, 3.05) is 12.4 Å². The summed E-state index contributed by atoms with van der Waals surface area (Å²) in [5.41, 5.74) is 0.634. The highest BCUT2D eigenvalue weighted by Crippen LogP contribution is 2.15. The Kier molecular flexibility index (Phi) is 3.03. The number of halogens is 1. The molecule has 1 aromatic carbocycles. The summed E-state index contributed by atoms with van der Waals surface area (Å²) in [7, 11) is -2.50. The van der Waals surface area contributed by atoms with Crippen molar-refractivity contribution in [2.45, 2.75) is 0 Å². The molecule has 0 saturated carbocycles. The van der Waals surface area contributed by atoms with E-state index in [0.29, 0.717) is 10.7 Å². The molecule has 0 unspecified atom stereocenters. The van der Waals surface area contributed by atoms with Crippen LogP contribution in [0.15, 0.2) is 33.1 Å². The van der Waals surface area contributed by atoms with Gasteiger partial charge in [-0.1, -0.05) is 11.6 Å². The van der Waals surface area contributed by atoms with Crippen molar-refractivity contribution in [3.63, 3.8) is 0 Å². The molecule has 1 heterocycles. The highest BCUT2D eigenvalue weighted by molar-refractivity contribution is 7.89. The summed E-state index contributed by atoms with van der Waals surface area (Å²) in [6.45, 7) is 0. The predicted molar refractivity (Wildman–Crippen MR) is 65.9 cm³/mol. The van der Waals surface area contributed by atoms with Gasteiger partial charge in [0.2, 0.25) is 5.84 Å². The van der Waals surface area contributed by atoms with Crippen molar-refractivity contribution in [3.05, 3.63) is 29.3 Å². The van der Waals surface area contributed by atoms with Crippen molar-refractivity contribution in [3.8, 4) is 0 Å². The summed E-state index contributed by atoms with van der Waals surface area (Å²) in [6, 6.07) is 6.70. The molecule has 0 aliphatic carbocycles. The second-order valence-electron chi connectivity index (χ2n) is 3.12. The van der Waals surface area contributed by atoms with Crippen molar-refractivity contribution >= 4 is 39.2 Å². The Hall–Kier alpha value is -1.60. The minimum absolute atomic E-state index is 0.0508. The van der Waals surface area contributed by atoms with Crippen LogP contribution in [0.25, 0.3) is 0 Å². The number of hydrogen-bond donors (Lipinski definition) is 1. The molecular weight excluding hydrogens is 266 g/mol. The minimum Gasteiger partial charge on any atom is -0.478 e. The third kappa shape index (κ3) is 2.75. The smallest absolute Gasteiger partial charge is 0.368 e. The van der Waals surface area contributed by atoms with Crippen LogP contribution in [0.1, 0.15) is 0 Å². The van der Waals surface area contributed by atoms with Gasteiger partial charge in [0.15, 0.2) is 0 Å². The van der Waals surface area contributed by atoms with Gasteiger partial charge in [-0.05, 0) is 24.3 Å². The lowest BCUT2D eigenvalue weighted by Crippen LogP contribution is -2.21. The molecule has 1 N–H and O–H groups in total. The van der Waals surface area contributed by atoms with Gasteiger partial charge in [0.25, 0.3) is 5.90 Å².